The Balaban J connectivity index is 1.90. The minimum Gasteiger partial charge on any atom is -0.433 e. The van der Waals surface area contributed by atoms with E-state index in [4.69, 9.17) is 0 Å². The number of hydrogen-bond acceptors (Lipinski definition) is 5. The van der Waals surface area contributed by atoms with Crippen molar-refractivity contribution in [1.29, 1.82) is 0 Å². The lowest BCUT2D eigenvalue weighted by atomic mass is 10.3. The fraction of sp³-hybridized carbons (Fsp3) is 0.538. The lowest BCUT2D eigenvalue weighted by molar-refractivity contribution is -0.130. The average molecular weight is 300 g/mol. The Bertz CT molecular complexity index is 464. The Morgan fingerprint density at radius 1 is 1.48 bits per heavy atom. The third-order valence-electron chi connectivity index (χ3n) is 3.18. The second-order valence-electron chi connectivity index (χ2n) is 4.72. The molecule has 0 saturated carbocycles. The highest BCUT2D eigenvalue weighted by Gasteiger charge is 2.18. The van der Waals surface area contributed by atoms with E-state index in [0.717, 1.165) is 13.1 Å². The number of carbonyl (C=O) groups is 1. The van der Waals surface area contributed by atoms with Gasteiger partial charge in [0.2, 0.25) is 5.91 Å². The van der Waals surface area contributed by atoms with Gasteiger partial charge in [-0.15, -0.1) is 0 Å². The summed E-state index contributed by atoms with van der Waals surface area (Å²) in [6.07, 6.45) is 1.22. The summed E-state index contributed by atoms with van der Waals surface area (Å²) in [6, 6.07) is 2.95. The molecule has 116 valence electrons. The molecular formula is C13H18F2N4O2. The number of aromatic nitrogens is 1. The van der Waals surface area contributed by atoms with Crippen molar-refractivity contribution < 1.29 is 18.3 Å². The van der Waals surface area contributed by atoms with E-state index in [0.29, 0.717) is 18.9 Å². The molecule has 8 heteroatoms. The van der Waals surface area contributed by atoms with Crippen molar-refractivity contribution in [2.45, 2.75) is 6.61 Å². The predicted molar refractivity (Wildman–Crippen MR) is 73.6 cm³/mol. The van der Waals surface area contributed by atoms with Gasteiger partial charge in [0.15, 0.2) is 0 Å². The molecule has 0 bridgehead atoms. The number of nitrogens with one attached hydrogen (secondary N) is 1. The van der Waals surface area contributed by atoms with E-state index in [9.17, 15) is 13.6 Å². The van der Waals surface area contributed by atoms with Crippen LogP contribution >= 0.6 is 0 Å². The van der Waals surface area contributed by atoms with E-state index in [-0.39, 0.29) is 18.2 Å². The highest BCUT2D eigenvalue weighted by Crippen LogP contribution is 2.16. The first-order valence-corrected chi connectivity index (χ1v) is 6.67. The van der Waals surface area contributed by atoms with E-state index in [1.54, 1.807) is 22.9 Å². The van der Waals surface area contributed by atoms with Crippen LogP contribution in [0.2, 0.25) is 0 Å². The Morgan fingerprint density at radius 3 is 2.76 bits per heavy atom. The number of ether oxygens (including phenoxy) is 1. The zero-order valence-electron chi connectivity index (χ0n) is 11.8. The molecule has 1 amide bonds. The summed E-state index contributed by atoms with van der Waals surface area (Å²) in [6.45, 7) is 0.315. The molecule has 0 atom stereocenters. The molecule has 1 aliphatic heterocycles. The minimum atomic E-state index is -2.87. The molecule has 1 aliphatic rings. The van der Waals surface area contributed by atoms with E-state index in [1.807, 2.05) is 0 Å². The fourth-order valence-electron chi connectivity index (χ4n) is 2.07. The molecular weight excluding hydrogens is 282 g/mol. The Labute approximate surface area is 121 Å². The van der Waals surface area contributed by atoms with E-state index in [2.05, 4.69) is 15.0 Å². The summed E-state index contributed by atoms with van der Waals surface area (Å²) in [7, 11) is 1.73. The van der Waals surface area contributed by atoms with Crippen LogP contribution in [0.25, 0.3) is 0 Å². The molecule has 0 aromatic carbocycles. The lowest BCUT2D eigenvalue weighted by Crippen LogP contribution is -2.49. The molecule has 0 aliphatic carbocycles. The van der Waals surface area contributed by atoms with Gasteiger partial charge < -0.3 is 19.9 Å². The van der Waals surface area contributed by atoms with Crippen molar-refractivity contribution in [2.24, 2.45) is 0 Å². The molecule has 0 spiro atoms. The summed E-state index contributed by atoms with van der Waals surface area (Å²) >= 11 is 0. The molecule has 0 unspecified atom stereocenters. The maximum absolute atomic E-state index is 12.1. The average Bonchev–Trinajstić information content (AvgIpc) is 2.48. The molecule has 2 heterocycles. The van der Waals surface area contributed by atoms with Gasteiger partial charge in [0.25, 0.3) is 0 Å². The normalized spacial score (nSPS) is 15.1. The summed E-state index contributed by atoms with van der Waals surface area (Å²) in [5, 5.41) is 3.18. The zero-order chi connectivity index (χ0) is 15.2. The molecule has 6 nitrogen and oxygen atoms in total. The fourth-order valence-corrected chi connectivity index (χ4v) is 2.07. The molecule has 0 radical (unpaired) electrons. The number of pyridine rings is 1. The number of nitrogens with zero attached hydrogens (tertiary/aromatic N) is 3. The van der Waals surface area contributed by atoms with E-state index in [1.165, 1.54) is 12.3 Å². The van der Waals surface area contributed by atoms with Gasteiger partial charge in [0, 0.05) is 33.2 Å². The van der Waals surface area contributed by atoms with Gasteiger partial charge in [-0.25, -0.2) is 4.98 Å². The smallest absolute Gasteiger partial charge is 0.387 e. The van der Waals surface area contributed by atoms with Gasteiger partial charge in [-0.3, -0.25) is 4.79 Å². The maximum Gasteiger partial charge on any atom is 0.387 e. The number of amides is 1. The highest BCUT2D eigenvalue weighted by atomic mass is 19.3. The summed E-state index contributed by atoms with van der Waals surface area (Å²) in [5.41, 5.74) is 0. The van der Waals surface area contributed by atoms with Gasteiger partial charge in [0.05, 0.1) is 12.7 Å². The first-order chi connectivity index (χ1) is 10.1. The monoisotopic (exact) mass is 300 g/mol. The van der Waals surface area contributed by atoms with Crippen molar-refractivity contribution in [3.63, 3.8) is 0 Å². The Kier molecular flexibility index (Phi) is 5.26. The van der Waals surface area contributed by atoms with Crippen molar-refractivity contribution >= 4 is 11.7 Å². The van der Waals surface area contributed by atoms with Gasteiger partial charge in [-0.05, 0) is 12.1 Å². The van der Waals surface area contributed by atoms with Crippen molar-refractivity contribution in [3.8, 4) is 5.75 Å². The Morgan fingerprint density at radius 2 is 2.19 bits per heavy atom. The minimum absolute atomic E-state index is 0.00409. The molecule has 21 heavy (non-hydrogen) atoms. The van der Waals surface area contributed by atoms with Crippen molar-refractivity contribution in [1.82, 2.24) is 15.2 Å². The molecule has 1 saturated heterocycles. The number of anilines is 1. The zero-order valence-corrected chi connectivity index (χ0v) is 11.8. The lowest BCUT2D eigenvalue weighted by Gasteiger charge is -2.29. The summed E-state index contributed by atoms with van der Waals surface area (Å²) in [5.74, 6) is 0.546. The highest BCUT2D eigenvalue weighted by molar-refractivity contribution is 5.81. The third-order valence-corrected chi connectivity index (χ3v) is 3.18. The van der Waals surface area contributed by atoms with E-state index < -0.39 is 6.61 Å². The standard InChI is InChI=1S/C13H18F2N4O2/c1-18(9-12(20)19-6-4-16-5-7-19)11-3-2-10(8-17-11)21-13(14)15/h2-3,8,13,16H,4-7,9H2,1H3. The molecule has 1 aromatic rings. The summed E-state index contributed by atoms with van der Waals surface area (Å²) < 4.78 is 28.3. The van der Waals surface area contributed by atoms with Gasteiger partial charge in [-0.2, -0.15) is 8.78 Å². The second kappa shape index (κ2) is 7.16. The van der Waals surface area contributed by atoms with Crippen LogP contribution in [-0.2, 0) is 4.79 Å². The number of halogens is 2. The van der Waals surface area contributed by atoms with Crippen LogP contribution < -0.4 is 15.0 Å². The Hall–Kier alpha value is -1.96. The van der Waals surface area contributed by atoms with E-state index >= 15 is 0 Å². The number of carbonyl (C=O) groups excluding carboxylic acids is 1. The number of rotatable bonds is 5. The van der Waals surface area contributed by atoms with Gasteiger partial charge >= 0.3 is 6.61 Å². The van der Waals surface area contributed by atoms with Crippen LogP contribution in [0, 0.1) is 0 Å². The molecule has 1 aromatic heterocycles. The van der Waals surface area contributed by atoms with Gasteiger partial charge in [0.1, 0.15) is 11.6 Å². The first kappa shape index (κ1) is 15.4. The third kappa shape index (κ3) is 4.52. The van der Waals surface area contributed by atoms with Crippen molar-refractivity contribution in [2.75, 3.05) is 44.7 Å². The number of likely N-dealkylation sites (N-methyl/N-ethyl adjacent to an activating group) is 1. The second-order valence-corrected chi connectivity index (χ2v) is 4.72. The first-order valence-electron chi connectivity index (χ1n) is 6.67. The van der Waals surface area contributed by atoms with Crippen LogP contribution in [0.3, 0.4) is 0 Å². The topological polar surface area (TPSA) is 57.7 Å². The molecule has 2 rings (SSSR count). The van der Waals surface area contributed by atoms with Crippen LogP contribution in [0.1, 0.15) is 0 Å². The van der Waals surface area contributed by atoms with Crippen LogP contribution in [0.4, 0.5) is 14.6 Å². The molecule has 1 fully saturated rings. The van der Waals surface area contributed by atoms with Crippen LogP contribution in [-0.4, -0.2) is 62.2 Å². The number of piperazine rings is 1. The number of alkyl halides is 2. The predicted octanol–water partition coefficient (Wildman–Crippen LogP) is 0.551. The quantitative estimate of drug-likeness (QED) is 0.861. The van der Waals surface area contributed by atoms with Gasteiger partial charge in [-0.1, -0.05) is 0 Å². The maximum atomic E-state index is 12.1. The van der Waals surface area contributed by atoms with Crippen molar-refractivity contribution in [3.05, 3.63) is 18.3 Å². The largest absolute Gasteiger partial charge is 0.433 e. The SMILES string of the molecule is CN(CC(=O)N1CCNCC1)c1ccc(OC(F)F)cn1. The van der Waals surface area contributed by atoms with Crippen LogP contribution in [0.15, 0.2) is 18.3 Å². The van der Waals surface area contributed by atoms with Crippen LogP contribution in [0.5, 0.6) is 5.75 Å². The molecule has 1 N–H and O–H groups in total. The summed E-state index contributed by atoms with van der Waals surface area (Å²) in [4.78, 5) is 19.6. The number of hydrogen-bond donors (Lipinski definition) is 1.